The number of urea groups is 1. The van der Waals surface area contributed by atoms with Crippen molar-refractivity contribution in [1.82, 2.24) is 25.1 Å². The standard InChI is InChI=1S/C18H18N6O2S/c1-27-18-20-21-22-24(18)15-4-2-3-14(10-15)19-17(26)23-8-7-12-5-6-16(25)9-13(12)11-23/h2-6,9-10,25H,7-8,11H2,1H3,(H,19,26). The highest BCUT2D eigenvalue weighted by Crippen LogP contribution is 2.24. The second-order valence-corrected chi connectivity index (χ2v) is 6.96. The fourth-order valence-electron chi connectivity index (χ4n) is 3.10. The first-order valence-electron chi connectivity index (χ1n) is 8.43. The number of benzene rings is 2. The lowest BCUT2D eigenvalue weighted by atomic mass is 10.00. The van der Waals surface area contributed by atoms with E-state index in [0.29, 0.717) is 23.9 Å². The lowest BCUT2D eigenvalue weighted by molar-refractivity contribution is 0.206. The number of hydrogen-bond donors (Lipinski definition) is 2. The summed E-state index contributed by atoms with van der Waals surface area (Å²) in [6.45, 7) is 1.10. The summed E-state index contributed by atoms with van der Waals surface area (Å²) in [6, 6.07) is 12.5. The number of aromatic hydroxyl groups is 1. The number of nitrogens with one attached hydrogen (secondary N) is 1. The number of thioether (sulfide) groups is 1. The largest absolute Gasteiger partial charge is 0.508 e. The smallest absolute Gasteiger partial charge is 0.322 e. The molecular weight excluding hydrogens is 364 g/mol. The van der Waals surface area contributed by atoms with E-state index >= 15 is 0 Å². The van der Waals surface area contributed by atoms with Crippen molar-refractivity contribution in [3.8, 4) is 11.4 Å². The molecule has 1 aromatic heterocycles. The zero-order valence-electron chi connectivity index (χ0n) is 14.7. The first-order valence-corrected chi connectivity index (χ1v) is 9.66. The number of anilines is 1. The summed E-state index contributed by atoms with van der Waals surface area (Å²) in [4.78, 5) is 14.4. The molecule has 9 heteroatoms. The fraction of sp³-hybridized carbons (Fsp3) is 0.222. The van der Waals surface area contributed by atoms with Crippen LogP contribution >= 0.6 is 11.8 Å². The topological polar surface area (TPSA) is 96.2 Å². The van der Waals surface area contributed by atoms with Crippen LogP contribution in [0.25, 0.3) is 5.69 Å². The van der Waals surface area contributed by atoms with Crippen molar-refractivity contribution in [3.63, 3.8) is 0 Å². The molecule has 2 amide bonds. The van der Waals surface area contributed by atoms with E-state index < -0.39 is 0 Å². The number of tetrazole rings is 1. The Morgan fingerprint density at radius 3 is 2.96 bits per heavy atom. The van der Waals surface area contributed by atoms with E-state index in [9.17, 15) is 9.90 Å². The first kappa shape index (κ1) is 17.3. The van der Waals surface area contributed by atoms with E-state index in [-0.39, 0.29) is 11.8 Å². The number of carbonyl (C=O) groups excluding carboxylic acids is 1. The zero-order chi connectivity index (χ0) is 18.8. The van der Waals surface area contributed by atoms with Crippen LogP contribution in [0.2, 0.25) is 0 Å². The van der Waals surface area contributed by atoms with Crippen molar-refractivity contribution < 1.29 is 9.90 Å². The molecule has 0 saturated carbocycles. The van der Waals surface area contributed by atoms with Gasteiger partial charge >= 0.3 is 6.03 Å². The van der Waals surface area contributed by atoms with Crippen LogP contribution in [-0.2, 0) is 13.0 Å². The van der Waals surface area contributed by atoms with E-state index in [4.69, 9.17) is 0 Å². The maximum Gasteiger partial charge on any atom is 0.322 e. The molecule has 0 aliphatic carbocycles. The average Bonchev–Trinajstić information content (AvgIpc) is 3.16. The van der Waals surface area contributed by atoms with Crippen LogP contribution in [0.3, 0.4) is 0 Å². The molecule has 0 spiro atoms. The number of fused-ring (bicyclic) bond motifs is 1. The van der Waals surface area contributed by atoms with E-state index in [1.165, 1.54) is 17.3 Å². The first-order chi connectivity index (χ1) is 13.1. The Labute approximate surface area is 160 Å². The molecule has 2 N–H and O–H groups in total. The summed E-state index contributed by atoms with van der Waals surface area (Å²) < 4.78 is 1.63. The van der Waals surface area contributed by atoms with Crippen LogP contribution in [0.5, 0.6) is 5.75 Å². The van der Waals surface area contributed by atoms with Gasteiger partial charge in [-0.05, 0) is 64.6 Å². The normalized spacial score (nSPS) is 13.3. The molecule has 0 atom stereocenters. The molecule has 0 bridgehead atoms. The number of hydrogen-bond acceptors (Lipinski definition) is 6. The predicted octanol–water partition coefficient (Wildman–Crippen LogP) is 2.68. The third-order valence-corrected chi connectivity index (χ3v) is 5.07. The number of aromatic nitrogens is 4. The Kier molecular flexibility index (Phi) is 4.68. The zero-order valence-corrected chi connectivity index (χ0v) is 15.5. The summed E-state index contributed by atoms with van der Waals surface area (Å²) in [7, 11) is 0. The van der Waals surface area contributed by atoms with Gasteiger partial charge in [-0.25, -0.2) is 4.79 Å². The van der Waals surface area contributed by atoms with Crippen molar-refractivity contribution in [1.29, 1.82) is 0 Å². The molecule has 138 valence electrons. The molecule has 2 aromatic carbocycles. The van der Waals surface area contributed by atoms with Crippen LogP contribution in [-0.4, -0.2) is 49.0 Å². The Bertz CT molecular complexity index is 989. The van der Waals surface area contributed by atoms with Gasteiger partial charge in [0.15, 0.2) is 0 Å². The average molecular weight is 382 g/mol. The minimum absolute atomic E-state index is 0.178. The van der Waals surface area contributed by atoms with E-state index in [0.717, 1.165) is 17.7 Å². The molecule has 3 aromatic rings. The van der Waals surface area contributed by atoms with Gasteiger partial charge in [-0.15, -0.1) is 5.10 Å². The lowest BCUT2D eigenvalue weighted by Gasteiger charge is -2.29. The molecule has 0 fully saturated rings. The van der Waals surface area contributed by atoms with Gasteiger partial charge < -0.3 is 15.3 Å². The summed E-state index contributed by atoms with van der Waals surface area (Å²) >= 11 is 1.44. The van der Waals surface area contributed by atoms with Crippen molar-refractivity contribution >= 4 is 23.5 Å². The minimum Gasteiger partial charge on any atom is -0.508 e. The van der Waals surface area contributed by atoms with E-state index in [2.05, 4.69) is 20.8 Å². The minimum atomic E-state index is -0.178. The highest BCUT2D eigenvalue weighted by Gasteiger charge is 2.21. The SMILES string of the molecule is CSc1nnnn1-c1cccc(NC(=O)N2CCc3ccc(O)cc3C2)c1. The van der Waals surface area contributed by atoms with Crippen molar-refractivity contribution in [2.45, 2.75) is 18.1 Å². The van der Waals surface area contributed by atoms with Gasteiger partial charge in [0.05, 0.1) is 5.69 Å². The number of phenols is 1. The summed E-state index contributed by atoms with van der Waals surface area (Å²) in [5, 5.41) is 24.9. The van der Waals surface area contributed by atoms with Crippen molar-refractivity contribution in [2.75, 3.05) is 18.1 Å². The molecule has 1 aliphatic heterocycles. The summed E-state index contributed by atoms with van der Waals surface area (Å²) in [5.41, 5.74) is 3.59. The number of phenolic OH excluding ortho intramolecular Hbond substituents is 1. The number of carbonyl (C=O) groups is 1. The van der Waals surface area contributed by atoms with Gasteiger partial charge in [0, 0.05) is 18.8 Å². The summed E-state index contributed by atoms with van der Waals surface area (Å²) in [6.07, 6.45) is 2.67. The molecule has 8 nitrogen and oxygen atoms in total. The Balaban J connectivity index is 1.50. The predicted molar refractivity (Wildman–Crippen MR) is 102 cm³/mol. The monoisotopic (exact) mass is 382 g/mol. The molecule has 2 heterocycles. The maximum absolute atomic E-state index is 12.7. The van der Waals surface area contributed by atoms with Gasteiger partial charge in [-0.1, -0.05) is 23.9 Å². The molecule has 27 heavy (non-hydrogen) atoms. The molecule has 0 saturated heterocycles. The van der Waals surface area contributed by atoms with E-state index in [1.54, 1.807) is 21.7 Å². The van der Waals surface area contributed by atoms with Gasteiger partial charge in [0.25, 0.3) is 0 Å². The second kappa shape index (κ2) is 7.28. The van der Waals surface area contributed by atoms with E-state index in [1.807, 2.05) is 36.6 Å². The number of rotatable bonds is 3. The van der Waals surface area contributed by atoms with Gasteiger partial charge in [0.2, 0.25) is 5.16 Å². The third kappa shape index (κ3) is 3.59. The van der Waals surface area contributed by atoms with Crippen LogP contribution in [0.15, 0.2) is 47.6 Å². The highest BCUT2D eigenvalue weighted by molar-refractivity contribution is 7.98. The van der Waals surface area contributed by atoms with Crippen molar-refractivity contribution in [2.24, 2.45) is 0 Å². The van der Waals surface area contributed by atoms with Gasteiger partial charge in [0.1, 0.15) is 5.75 Å². The summed E-state index contributed by atoms with van der Waals surface area (Å²) in [5.74, 6) is 0.217. The Morgan fingerprint density at radius 2 is 2.11 bits per heavy atom. The molecule has 0 radical (unpaired) electrons. The molecule has 4 rings (SSSR count). The number of nitrogens with zero attached hydrogens (tertiary/aromatic N) is 5. The molecule has 0 unspecified atom stereocenters. The molecular formula is C18H18N6O2S. The highest BCUT2D eigenvalue weighted by atomic mass is 32.2. The lowest BCUT2D eigenvalue weighted by Crippen LogP contribution is -2.38. The quantitative estimate of drug-likeness (QED) is 0.676. The second-order valence-electron chi connectivity index (χ2n) is 6.18. The van der Waals surface area contributed by atoms with Crippen molar-refractivity contribution in [3.05, 3.63) is 53.6 Å². The van der Waals surface area contributed by atoms with Crippen LogP contribution in [0.1, 0.15) is 11.1 Å². The van der Waals surface area contributed by atoms with Gasteiger partial charge in [-0.3, -0.25) is 0 Å². The Hall–Kier alpha value is -3.07. The third-order valence-electron chi connectivity index (χ3n) is 4.45. The van der Waals surface area contributed by atoms with Crippen LogP contribution < -0.4 is 5.32 Å². The Morgan fingerprint density at radius 1 is 1.22 bits per heavy atom. The fourth-order valence-corrected chi connectivity index (χ4v) is 3.54. The molecule has 1 aliphatic rings. The van der Waals surface area contributed by atoms with Crippen LogP contribution in [0, 0.1) is 0 Å². The maximum atomic E-state index is 12.7. The number of amides is 2. The van der Waals surface area contributed by atoms with Crippen LogP contribution in [0.4, 0.5) is 10.5 Å². The van der Waals surface area contributed by atoms with Gasteiger partial charge in [-0.2, -0.15) is 4.68 Å².